The van der Waals surface area contributed by atoms with Crippen molar-refractivity contribution < 1.29 is 0 Å². The zero-order valence-corrected chi connectivity index (χ0v) is 8.04. The molecule has 74 valence electrons. The fourth-order valence-corrected chi connectivity index (χ4v) is 1.27. The van der Waals surface area contributed by atoms with Gasteiger partial charge in [0.15, 0.2) is 0 Å². The van der Waals surface area contributed by atoms with Gasteiger partial charge in [0.25, 0.3) is 0 Å². The van der Waals surface area contributed by atoms with Gasteiger partial charge in [-0.1, -0.05) is 18.2 Å². The number of aliphatic imine (C=N–C) groups is 2. The van der Waals surface area contributed by atoms with Gasteiger partial charge in [-0.05, 0) is 12.1 Å². The summed E-state index contributed by atoms with van der Waals surface area (Å²) in [5.41, 5.74) is 6.81. The van der Waals surface area contributed by atoms with E-state index >= 15 is 0 Å². The SMILES string of the molecule is NC=NC=Nc1cnc2ccccc2c1. The molecule has 0 amide bonds. The highest BCUT2D eigenvalue weighted by molar-refractivity contribution is 5.82. The summed E-state index contributed by atoms with van der Waals surface area (Å²) in [6, 6.07) is 9.83. The van der Waals surface area contributed by atoms with E-state index in [1.165, 1.54) is 12.7 Å². The average molecular weight is 198 g/mol. The van der Waals surface area contributed by atoms with E-state index < -0.39 is 0 Å². The second-order valence-corrected chi connectivity index (χ2v) is 2.93. The number of pyridine rings is 1. The van der Waals surface area contributed by atoms with Crippen LogP contribution in [0.4, 0.5) is 5.69 Å². The number of nitrogens with zero attached hydrogens (tertiary/aromatic N) is 3. The summed E-state index contributed by atoms with van der Waals surface area (Å²) in [4.78, 5) is 12.0. The van der Waals surface area contributed by atoms with Crippen LogP contribution in [-0.2, 0) is 0 Å². The Labute approximate surface area is 87.2 Å². The molecule has 2 aromatic rings. The summed E-state index contributed by atoms with van der Waals surface area (Å²) in [7, 11) is 0. The fourth-order valence-electron chi connectivity index (χ4n) is 1.27. The first-order chi connectivity index (χ1) is 7.40. The van der Waals surface area contributed by atoms with Crippen LogP contribution in [0.15, 0.2) is 46.5 Å². The van der Waals surface area contributed by atoms with Gasteiger partial charge in [-0.25, -0.2) is 9.98 Å². The van der Waals surface area contributed by atoms with Gasteiger partial charge in [0.05, 0.1) is 23.7 Å². The van der Waals surface area contributed by atoms with Gasteiger partial charge in [0, 0.05) is 5.39 Å². The maximum Gasteiger partial charge on any atom is 0.117 e. The van der Waals surface area contributed by atoms with Crippen LogP contribution in [0, 0.1) is 0 Å². The van der Waals surface area contributed by atoms with Crippen molar-refractivity contribution in [3.05, 3.63) is 36.5 Å². The third-order valence-electron chi connectivity index (χ3n) is 1.94. The number of hydrogen-bond acceptors (Lipinski definition) is 2. The molecule has 0 fully saturated rings. The van der Waals surface area contributed by atoms with Crippen molar-refractivity contribution in [3.8, 4) is 0 Å². The predicted octanol–water partition coefficient (Wildman–Crippen LogP) is 1.88. The average Bonchev–Trinajstić information content (AvgIpc) is 2.29. The van der Waals surface area contributed by atoms with E-state index in [2.05, 4.69) is 15.0 Å². The number of para-hydroxylation sites is 1. The molecule has 0 atom stereocenters. The van der Waals surface area contributed by atoms with E-state index in [-0.39, 0.29) is 0 Å². The van der Waals surface area contributed by atoms with Crippen molar-refractivity contribution in [1.82, 2.24) is 4.98 Å². The van der Waals surface area contributed by atoms with Crippen LogP contribution < -0.4 is 5.73 Å². The van der Waals surface area contributed by atoms with Crippen molar-refractivity contribution in [2.75, 3.05) is 0 Å². The lowest BCUT2D eigenvalue weighted by atomic mass is 10.2. The molecule has 15 heavy (non-hydrogen) atoms. The lowest BCUT2D eigenvalue weighted by molar-refractivity contribution is 1.37. The molecule has 0 radical (unpaired) electrons. The molecule has 2 rings (SSSR count). The molecule has 0 aliphatic rings. The molecule has 0 bridgehead atoms. The molecule has 1 heterocycles. The van der Waals surface area contributed by atoms with Gasteiger partial charge in [0.1, 0.15) is 6.34 Å². The summed E-state index contributed by atoms with van der Waals surface area (Å²) in [5, 5.41) is 1.06. The lowest BCUT2D eigenvalue weighted by Crippen LogP contribution is -1.87. The maximum absolute atomic E-state index is 5.08. The Morgan fingerprint density at radius 3 is 3.00 bits per heavy atom. The molecular formula is C11H10N4. The Morgan fingerprint density at radius 2 is 2.13 bits per heavy atom. The summed E-state index contributed by atoms with van der Waals surface area (Å²) in [5.74, 6) is 0. The molecule has 2 N–H and O–H groups in total. The minimum Gasteiger partial charge on any atom is -0.390 e. The van der Waals surface area contributed by atoms with Gasteiger partial charge in [0.2, 0.25) is 0 Å². The van der Waals surface area contributed by atoms with Crippen LogP contribution in [0.1, 0.15) is 0 Å². The molecule has 1 aromatic heterocycles. The number of benzene rings is 1. The molecule has 0 spiro atoms. The zero-order valence-electron chi connectivity index (χ0n) is 8.04. The topological polar surface area (TPSA) is 63.6 Å². The molecule has 0 aliphatic carbocycles. The molecule has 0 unspecified atom stereocenters. The van der Waals surface area contributed by atoms with Crippen molar-refractivity contribution in [2.24, 2.45) is 15.7 Å². The summed E-state index contributed by atoms with van der Waals surface area (Å²) < 4.78 is 0. The Morgan fingerprint density at radius 1 is 1.27 bits per heavy atom. The highest BCUT2D eigenvalue weighted by Crippen LogP contribution is 2.17. The first-order valence-electron chi connectivity index (χ1n) is 4.51. The predicted molar refractivity (Wildman–Crippen MR) is 62.6 cm³/mol. The van der Waals surface area contributed by atoms with E-state index in [1.807, 2.05) is 30.3 Å². The summed E-state index contributed by atoms with van der Waals surface area (Å²) >= 11 is 0. The van der Waals surface area contributed by atoms with Crippen LogP contribution >= 0.6 is 0 Å². The van der Waals surface area contributed by atoms with Crippen LogP contribution in [0.25, 0.3) is 10.9 Å². The van der Waals surface area contributed by atoms with E-state index in [0.29, 0.717) is 0 Å². The van der Waals surface area contributed by atoms with E-state index in [4.69, 9.17) is 5.73 Å². The van der Waals surface area contributed by atoms with Crippen LogP contribution in [0.2, 0.25) is 0 Å². The Bertz CT molecular complexity index is 517. The second-order valence-electron chi connectivity index (χ2n) is 2.93. The lowest BCUT2D eigenvalue weighted by Gasteiger charge is -1.96. The smallest absolute Gasteiger partial charge is 0.117 e. The maximum atomic E-state index is 5.08. The van der Waals surface area contributed by atoms with Gasteiger partial charge in [-0.2, -0.15) is 0 Å². The molecule has 0 saturated heterocycles. The molecule has 1 aromatic carbocycles. The second kappa shape index (κ2) is 4.32. The van der Waals surface area contributed by atoms with Crippen molar-refractivity contribution in [3.63, 3.8) is 0 Å². The van der Waals surface area contributed by atoms with Crippen molar-refractivity contribution >= 4 is 29.3 Å². The number of rotatable bonds is 2. The van der Waals surface area contributed by atoms with E-state index in [9.17, 15) is 0 Å². The zero-order chi connectivity index (χ0) is 10.5. The molecular weight excluding hydrogens is 188 g/mol. The van der Waals surface area contributed by atoms with Gasteiger partial charge in [-0.15, -0.1) is 0 Å². The van der Waals surface area contributed by atoms with Crippen molar-refractivity contribution in [2.45, 2.75) is 0 Å². The third-order valence-corrected chi connectivity index (χ3v) is 1.94. The quantitative estimate of drug-likeness (QED) is 0.591. The van der Waals surface area contributed by atoms with Crippen LogP contribution in [0.5, 0.6) is 0 Å². The van der Waals surface area contributed by atoms with Gasteiger partial charge in [-0.3, -0.25) is 4.98 Å². The molecule has 0 saturated carbocycles. The fraction of sp³-hybridized carbons (Fsp3) is 0. The Hall–Kier alpha value is -2.23. The molecule has 4 nitrogen and oxygen atoms in total. The third kappa shape index (κ3) is 2.17. The first-order valence-corrected chi connectivity index (χ1v) is 4.51. The monoisotopic (exact) mass is 198 g/mol. The summed E-state index contributed by atoms with van der Waals surface area (Å²) in [6.07, 6.45) is 4.29. The molecule has 4 heteroatoms. The van der Waals surface area contributed by atoms with Gasteiger partial charge >= 0.3 is 0 Å². The minimum absolute atomic E-state index is 0.763. The minimum atomic E-state index is 0.763. The first kappa shape index (κ1) is 9.33. The Kier molecular flexibility index (Phi) is 2.69. The largest absolute Gasteiger partial charge is 0.390 e. The highest BCUT2D eigenvalue weighted by atomic mass is 14.9. The number of aromatic nitrogens is 1. The number of fused-ring (bicyclic) bond motifs is 1. The van der Waals surface area contributed by atoms with E-state index in [1.54, 1.807) is 6.20 Å². The van der Waals surface area contributed by atoms with E-state index in [0.717, 1.165) is 16.6 Å². The van der Waals surface area contributed by atoms with Gasteiger partial charge < -0.3 is 5.73 Å². The standard InChI is InChI=1S/C11H10N4/c12-7-13-8-15-10-5-9-3-1-2-4-11(9)14-6-10/h1-8H,(H2,12,13,15). The number of hydrogen-bond donors (Lipinski definition) is 1. The Balaban J connectivity index is 2.38. The van der Waals surface area contributed by atoms with Crippen LogP contribution in [0.3, 0.4) is 0 Å². The molecule has 0 aliphatic heterocycles. The normalized spacial score (nSPS) is 11.7. The highest BCUT2D eigenvalue weighted by Gasteiger charge is 1.94. The number of nitrogens with two attached hydrogens (primary N) is 1. The van der Waals surface area contributed by atoms with Crippen molar-refractivity contribution in [1.29, 1.82) is 0 Å². The van der Waals surface area contributed by atoms with Crippen LogP contribution in [-0.4, -0.2) is 17.7 Å². The summed E-state index contributed by atoms with van der Waals surface area (Å²) in [6.45, 7) is 0.